The topological polar surface area (TPSA) is 59.1 Å². The van der Waals surface area contributed by atoms with Crippen LogP contribution in [0.1, 0.15) is 24.5 Å². The minimum absolute atomic E-state index is 0.339. The smallest absolute Gasteiger partial charge is 0.375 e. The fourth-order valence-electron chi connectivity index (χ4n) is 1.80. The zero-order valence-corrected chi connectivity index (χ0v) is 10.3. The minimum Gasteiger partial charge on any atom is -0.375 e. The molecule has 114 valence electrons. The van der Waals surface area contributed by atoms with Crippen LogP contribution in [0.25, 0.3) is 0 Å². The van der Waals surface area contributed by atoms with Crippen molar-refractivity contribution in [3.63, 3.8) is 0 Å². The maximum atomic E-state index is 13.1. The van der Waals surface area contributed by atoms with Crippen molar-refractivity contribution in [1.29, 1.82) is 0 Å². The second-order valence-electron chi connectivity index (χ2n) is 4.20. The van der Waals surface area contributed by atoms with Crippen LogP contribution in [-0.4, -0.2) is 22.3 Å². The number of aromatic nitrogens is 1. The van der Waals surface area contributed by atoms with Gasteiger partial charge in [-0.1, -0.05) is 6.92 Å². The molecule has 0 radical (unpaired) electrons. The number of pyridine rings is 1. The second kappa shape index (κ2) is 5.21. The van der Waals surface area contributed by atoms with Gasteiger partial charge in [0.15, 0.2) is 0 Å². The molecule has 0 aliphatic heterocycles. The van der Waals surface area contributed by atoms with Gasteiger partial charge in [-0.2, -0.15) is 26.3 Å². The summed E-state index contributed by atoms with van der Waals surface area (Å²) in [5, 5.41) is 9.84. The van der Waals surface area contributed by atoms with E-state index in [1.54, 1.807) is 0 Å². The van der Waals surface area contributed by atoms with Crippen molar-refractivity contribution < 1.29 is 31.4 Å². The minimum atomic E-state index is -5.37. The first kappa shape index (κ1) is 16.7. The fourth-order valence-corrected chi connectivity index (χ4v) is 1.80. The number of rotatable bonds is 3. The van der Waals surface area contributed by atoms with E-state index in [1.165, 1.54) is 6.92 Å². The van der Waals surface area contributed by atoms with Crippen LogP contribution in [0.3, 0.4) is 0 Å². The zero-order valence-electron chi connectivity index (χ0n) is 10.3. The summed E-state index contributed by atoms with van der Waals surface area (Å²) in [6.07, 6.45) is -9.77. The van der Waals surface area contributed by atoms with Gasteiger partial charge in [-0.05, 0) is 12.5 Å². The normalized spacial score (nSPS) is 17.6. The monoisotopic (exact) mass is 302 g/mol. The van der Waals surface area contributed by atoms with Gasteiger partial charge in [0.2, 0.25) is 5.60 Å². The number of aliphatic hydroxyl groups is 1. The molecule has 0 spiro atoms. The van der Waals surface area contributed by atoms with E-state index in [-0.39, 0.29) is 6.42 Å². The number of halogens is 6. The number of hydrogen-bond acceptors (Lipinski definition) is 3. The van der Waals surface area contributed by atoms with Crippen molar-refractivity contribution in [3.05, 3.63) is 29.6 Å². The lowest BCUT2D eigenvalue weighted by Crippen LogP contribution is -2.56. The quantitative estimate of drug-likeness (QED) is 0.844. The van der Waals surface area contributed by atoms with Crippen LogP contribution < -0.4 is 5.73 Å². The Kier molecular flexibility index (Phi) is 4.35. The lowest BCUT2D eigenvalue weighted by molar-refractivity contribution is -0.276. The Bertz CT molecular complexity index is 473. The molecule has 0 bridgehead atoms. The SMILES string of the molecule is CCC(N)C(O)(c1cnccc1C(F)(F)F)C(F)(F)F. The maximum Gasteiger partial charge on any atom is 0.423 e. The van der Waals surface area contributed by atoms with Gasteiger partial charge < -0.3 is 10.8 Å². The Morgan fingerprint density at radius 1 is 1.20 bits per heavy atom. The summed E-state index contributed by atoms with van der Waals surface area (Å²) < 4.78 is 77.6. The van der Waals surface area contributed by atoms with Crippen LogP contribution in [0.4, 0.5) is 26.3 Å². The van der Waals surface area contributed by atoms with E-state index in [2.05, 4.69) is 4.98 Å². The lowest BCUT2D eigenvalue weighted by atomic mass is 9.83. The summed E-state index contributed by atoms with van der Waals surface area (Å²) in [5.74, 6) is 0. The predicted molar refractivity (Wildman–Crippen MR) is 57.5 cm³/mol. The summed E-state index contributed by atoms with van der Waals surface area (Å²) in [4.78, 5) is 3.24. The Morgan fingerprint density at radius 3 is 2.15 bits per heavy atom. The van der Waals surface area contributed by atoms with E-state index in [9.17, 15) is 31.4 Å². The molecular formula is C11H12F6N2O. The Balaban J connectivity index is 3.60. The molecule has 0 aromatic carbocycles. The third kappa shape index (κ3) is 2.73. The average molecular weight is 302 g/mol. The van der Waals surface area contributed by atoms with Gasteiger partial charge in [-0.15, -0.1) is 0 Å². The van der Waals surface area contributed by atoms with Crippen molar-refractivity contribution in [2.24, 2.45) is 5.73 Å². The first-order valence-electron chi connectivity index (χ1n) is 5.52. The van der Waals surface area contributed by atoms with Gasteiger partial charge in [0.25, 0.3) is 0 Å². The van der Waals surface area contributed by atoms with Gasteiger partial charge in [0.1, 0.15) is 0 Å². The molecule has 2 atom stereocenters. The average Bonchev–Trinajstić information content (AvgIpc) is 2.34. The Hall–Kier alpha value is -1.35. The van der Waals surface area contributed by atoms with E-state index < -0.39 is 35.1 Å². The molecule has 3 nitrogen and oxygen atoms in total. The van der Waals surface area contributed by atoms with Gasteiger partial charge >= 0.3 is 12.4 Å². The third-order valence-electron chi connectivity index (χ3n) is 2.95. The summed E-state index contributed by atoms with van der Waals surface area (Å²) >= 11 is 0. The van der Waals surface area contributed by atoms with Gasteiger partial charge in [0.05, 0.1) is 5.56 Å². The highest BCUT2D eigenvalue weighted by atomic mass is 19.4. The summed E-state index contributed by atoms with van der Waals surface area (Å²) in [5.41, 5.74) is -1.61. The molecule has 1 aromatic rings. The Labute approximate surface area is 110 Å². The first-order chi connectivity index (χ1) is 8.96. The van der Waals surface area contributed by atoms with Crippen LogP contribution in [0.2, 0.25) is 0 Å². The maximum absolute atomic E-state index is 13.1. The fraction of sp³-hybridized carbons (Fsp3) is 0.545. The van der Waals surface area contributed by atoms with E-state index in [0.29, 0.717) is 18.5 Å². The first-order valence-corrected chi connectivity index (χ1v) is 5.52. The third-order valence-corrected chi connectivity index (χ3v) is 2.95. The summed E-state index contributed by atoms with van der Waals surface area (Å²) in [6.45, 7) is 1.23. The van der Waals surface area contributed by atoms with Crippen molar-refractivity contribution in [2.45, 2.75) is 37.3 Å². The molecule has 0 saturated carbocycles. The highest BCUT2D eigenvalue weighted by molar-refractivity contribution is 5.34. The molecule has 0 amide bonds. The second-order valence-corrected chi connectivity index (χ2v) is 4.20. The summed E-state index contributed by atoms with van der Waals surface area (Å²) in [6, 6.07) is -1.58. The van der Waals surface area contributed by atoms with E-state index in [0.717, 1.165) is 0 Å². The van der Waals surface area contributed by atoms with Crippen LogP contribution in [0.15, 0.2) is 18.5 Å². The van der Waals surface area contributed by atoms with Crippen LogP contribution in [0, 0.1) is 0 Å². The van der Waals surface area contributed by atoms with Crippen LogP contribution in [0.5, 0.6) is 0 Å². The molecule has 1 aromatic heterocycles. The van der Waals surface area contributed by atoms with Crippen LogP contribution >= 0.6 is 0 Å². The molecule has 1 heterocycles. The zero-order chi connectivity index (χ0) is 15.8. The highest BCUT2D eigenvalue weighted by Gasteiger charge is 2.60. The van der Waals surface area contributed by atoms with E-state index >= 15 is 0 Å². The molecule has 3 N–H and O–H groups in total. The van der Waals surface area contributed by atoms with Gasteiger partial charge in [-0.25, -0.2) is 0 Å². The molecule has 9 heteroatoms. The highest BCUT2D eigenvalue weighted by Crippen LogP contribution is 2.46. The number of hydrogen-bond donors (Lipinski definition) is 2. The molecule has 1 rings (SSSR count). The Morgan fingerprint density at radius 2 is 1.75 bits per heavy atom. The van der Waals surface area contributed by atoms with Gasteiger partial charge in [-0.3, -0.25) is 4.98 Å². The molecule has 20 heavy (non-hydrogen) atoms. The predicted octanol–water partition coefficient (Wildman–Crippen LogP) is 2.59. The van der Waals surface area contributed by atoms with E-state index in [1.807, 2.05) is 0 Å². The molecule has 0 saturated heterocycles. The van der Waals surface area contributed by atoms with Crippen LogP contribution in [-0.2, 0) is 11.8 Å². The number of alkyl halides is 6. The molecule has 0 aliphatic carbocycles. The lowest BCUT2D eigenvalue weighted by Gasteiger charge is -2.36. The van der Waals surface area contributed by atoms with Crippen molar-refractivity contribution in [3.8, 4) is 0 Å². The molecule has 0 aliphatic rings. The largest absolute Gasteiger partial charge is 0.423 e. The van der Waals surface area contributed by atoms with Crippen molar-refractivity contribution in [1.82, 2.24) is 4.98 Å². The molecule has 2 unspecified atom stereocenters. The standard InChI is InChI=1S/C11H12F6N2O/c1-2-8(18)9(20,11(15,16)17)7-5-19-4-3-6(7)10(12,13)14/h3-5,8,20H,2,18H2,1H3. The van der Waals surface area contributed by atoms with E-state index in [4.69, 9.17) is 5.73 Å². The van der Waals surface area contributed by atoms with Gasteiger partial charge in [0, 0.05) is 24.0 Å². The summed E-state index contributed by atoms with van der Waals surface area (Å²) in [7, 11) is 0. The number of nitrogens with two attached hydrogens (primary N) is 1. The molecular weight excluding hydrogens is 290 g/mol. The van der Waals surface area contributed by atoms with Crippen molar-refractivity contribution in [2.75, 3.05) is 0 Å². The van der Waals surface area contributed by atoms with Crippen molar-refractivity contribution >= 4 is 0 Å². The number of nitrogens with zero attached hydrogens (tertiary/aromatic N) is 1. The molecule has 0 fully saturated rings.